The maximum atomic E-state index is 5.99. The van der Waals surface area contributed by atoms with Crippen LogP contribution in [0.4, 0.5) is 5.69 Å². The van der Waals surface area contributed by atoms with Crippen LogP contribution >= 0.6 is 0 Å². The third kappa shape index (κ3) is 4.33. The minimum absolute atomic E-state index is 0.398. The normalized spacial score (nSPS) is 11.8. The molecule has 0 atom stereocenters. The quantitative estimate of drug-likeness (QED) is 0.392. The van der Waals surface area contributed by atoms with Gasteiger partial charge in [0.25, 0.3) is 0 Å². The van der Waals surface area contributed by atoms with Crippen molar-refractivity contribution in [3.63, 3.8) is 0 Å². The number of fused-ring (bicyclic) bond motifs is 1. The number of anilines is 1. The molecule has 0 radical (unpaired) electrons. The van der Waals surface area contributed by atoms with Crippen LogP contribution in [-0.2, 0) is 17.8 Å². The van der Waals surface area contributed by atoms with Gasteiger partial charge in [0.1, 0.15) is 5.82 Å². The van der Waals surface area contributed by atoms with Gasteiger partial charge in [-0.05, 0) is 24.6 Å². The van der Waals surface area contributed by atoms with Gasteiger partial charge in [-0.1, -0.05) is 24.3 Å². The van der Waals surface area contributed by atoms with E-state index in [2.05, 4.69) is 20.5 Å². The smallest absolute Gasteiger partial charge is 0.193 e. The molecule has 3 aromatic rings. The average molecular weight is 338 g/mol. The molecule has 0 aliphatic carbocycles. The van der Waals surface area contributed by atoms with Gasteiger partial charge in [0.15, 0.2) is 11.6 Å². The molecule has 7 heteroatoms. The predicted molar refractivity (Wildman–Crippen MR) is 98.6 cm³/mol. The monoisotopic (exact) mass is 338 g/mol. The number of rotatable bonds is 7. The third-order valence-electron chi connectivity index (χ3n) is 3.80. The predicted octanol–water partition coefficient (Wildman–Crippen LogP) is 2.24. The summed E-state index contributed by atoms with van der Waals surface area (Å²) in [5.41, 5.74) is 8.79. The first-order valence-corrected chi connectivity index (χ1v) is 8.20. The average Bonchev–Trinajstić information content (AvgIpc) is 3.04. The zero-order valence-electron chi connectivity index (χ0n) is 14.2. The summed E-state index contributed by atoms with van der Waals surface area (Å²) in [5, 5.41) is 11.5. The zero-order valence-corrected chi connectivity index (χ0v) is 14.2. The summed E-state index contributed by atoms with van der Waals surface area (Å²) < 4.78 is 7.18. The summed E-state index contributed by atoms with van der Waals surface area (Å²) in [6.07, 6.45) is 3.61. The lowest BCUT2D eigenvalue weighted by atomic mass is 10.2. The number of methoxy groups -OCH3 is 1. The van der Waals surface area contributed by atoms with Gasteiger partial charge in [-0.15, -0.1) is 10.2 Å². The summed E-state index contributed by atoms with van der Waals surface area (Å²) in [6, 6.07) is 13.7. The molecule has 7 nitrogen and oxygen atoms in total. The fraction of sp³-hybridized carbons (Fsp3) is 0.278. The molecule has 2 heterocycles. The Hall–Kier alpha value is -2.93. The molecule has 0 saturated heterocycles. The number of nitrogens with two attached hydrogens (primary N) is 1. The summed E-state index contributed by atoms with van der Waals surface area (Å²) in [6.45, 7) is 1.14. The highest BCUT2D eigenvalue weighted by Crippen LogP contribution is 2.15. The van der Waals surface area contributed by atoms with E-state index < -0.39 is 0 Å². The number of aryl methyl sites for hydroxylation is 1. The molecule has 1 aromatic carbocycles. The van der Waals surface area contributed by atoms with Crippen LogP contribution in [0.2, 0.25) is 0 Å². The van der Waals surface area contributed by atoms with Gasteiger partial charge in [-0.3, -0.25) is 9.39 Å². The molecule has 130 valence electrons. The van der Waals surface area contributed by atoms with Gasteiger partial charge < -0.3 is 15.8 Å². The van der Waals surface area contributed by atoms with E-state index in [1.165, 1.54) is 0 Å². The molecule has 3 rings (SSSR count). The summed E-state index contributed by atoms with van der Waals surface area (Å²) in [4.78, 5) is 4.39. The molecule has 0 saturated carbocycles. The van der Waals surface area contributed by atoms with Crippen molar-refractivity contribution >= 4 is 17.3 Å². The summed E-state index contributed by atoms with van der Waals surface area (Å²) in [5.74, 6) is 1.33. The molecule has 0 amide bonds. The fourth-order valence-electron chi connectivity index (χ4n) is 2.60. The Bertz CT molecular complexity index is 857. The second kappa shape index (κ2) is 8.25. The van der Waals surface area contributed by atoms with E-state index in [0.717, 1.165) is 35.6 Å². The van der Waals surface area contributed by atoms with Crippen molar-refractivity contribution in [3.8, 4) is 0 Å². The number of hydrogen-bond donors (Lipinski definition) is 2. The van der Waals surface area contributed by atoms with Crippen LogP contribution < -0.4 is 11.1 Å². The highest BCUT2D eigenvalue weighted by Gasteiger charge is 2.04. The molecule has 0 unspecified atom stereocenters. The Balaban J connectivity index is 1.54. The molecule has 3 N–H and O–H groups in total. The van der Waals surface area contributed by atoms with Gasteiger partial charge in [0, 0.05) is 37.5 Å². The standard InChI is InChI=1S/C18H22N6O/c1-25-13-14-7-2-3-8-15(14)21-18(19)20-11-6-10-17-23-22-16-9-4-5-12-24(16)17/h2-5,7-9,12H,6,10-11,13H2,1H3,(H3,19,20,21). The van der Waals surface area contributed by atoms with Crippen LogP contribution in [-0.4, -0.2) is 34.2 Å². The molecular weight excluding hydrogens is 316 g/mol. The van der Waals surface area contributed by atoms with E-state index in [0.29, 0.717) is 19.1 Å². The molecule has 25 heavy (non-hydrogen) atoms. The van der Waals surface area contributed by atoms with Crippen molar-refractivity contribution in [3.05, 3.63) is 60.0 Å². The number of hydrogen-bond acceptors (Lipinski definition) is 4. The largest absolute Gasteiger partial charge is 0.380 e. The second-order valence-corrected chi connectivity index (χ2v) is 5.63. The Morgan fingerprint density at radius 1 is 1.20 bits per heavy atom. The summed E-state index contributed by atoms with van der Waals surface area (Å²) >= 11 is 0. The van der Waals surface area contributed by atoms with Crippen LogP contribution in [0, 0.1) is 0 Å². The van der Waals surface area contributed by atoms with E-state index in [4.69, 9.17) is 10.5 Å². The third-order valence-corrected chi connectivity index (χ3v) is 3.80. The maximum absolute atomic E-state index is 5.99. The van der Waals surface area contributed by atoms with E-state index in [-0.39, 0.29) is 0 Å². The maximum Gasteiger partial charge on any atom is 0.193 e. The molecule has 0 aliphatic heterocycles. The van der Waals surface area contributed by atoms with Gasteiger partial charge in [-0.2, -0.15) is 0 Å². The zero-order chi connectivity index (χ0) is 17.5. The van der Waals surface area contributed by atoms with Crippen molar-refractivity contribution in [1.82, 2.24) is 14.6 Å². The van der Waals surface area contributed by atoms with Crippen molar-refractivity contribution in [2.45, 2.75) is 19.4 Å². The Kier molecular flexibility index (Phi) is 5.58. The number of ether oxygens (including phenoxy) is 1. The highest BCUT2D eigenvalue weighted by molar-refractivity contribution is 5.92. The minimum atomic E-state index is 0.398. The number of aromatic nitrogens is 3. The van der Waals surface area contributed by atoms with Crippen LogP contribution in [0.1, 0.15) is 17.8 Å². The first-order chi connectivity index (χ1) is 12.3. The van der Waals surface area contributed by atoms with Gasteiger partial charge in [0.2, 0.25) is 0 Å². The van der Waals surface area contributed by atoms with E-state index in [1.54, 1.807) is 7.11 Å². The Morgan fingerprint density at radius 2 is 2.04 bits per heavy atom. The van der Waals surface area contributed by atoms with Crippen molar-refractivity contribution in [2.75, 3.05) is 19.0 Å². The van der Waals surface area contributed by atoms with Crippen molar-refractivity contribution < 1.29 is 4.74 Å². The molecule has 0 spiro atoms. The SMILES string of the molecule is COCc1ccccc1NC(N)=NCCCc1nnc2ccccn12. The number of para-hydroxylation sites is 1. The highest BCUT2D eigenvalue weighted by atomic mass is 16.5. The van der Waals surface area contributed by atoms with Crippen LogP contribution in [0.5, 0.6) is 0 Å². The van der Waals surface area contributed by atoms with Crippen LogP contribution in [0.3, 0.4) is 0 Å². The number of benzene rings is 1. The first-order valence-electron chi connectivity index (χ1n) is 8.20. The topological polar surface area (TPSA) is 89.8 Å². The molecule has 0 bridgehead atoms. The number of nitrogens with zero attached hydrogens (tertiary/aromatic N) is 4. The van der Waals surface area contributed by atoms with Crippen LogP contribution in [0.15, 0.2) is 53.7 Å². The summed E-state index contributed by atoms with van der Waals surface area (Å²) in [7, 11) is 1.67. The van der Waals surface area contributed by atoms with Crippen molar-refractivity contribution in [1.29, 1.82) is 0 Å². The lowest BCUT2D eigenvalue weighted by molar-refractivity contribution is 0.185. The number of nitrogens with one attached hydrogen (secondary N) is 1. The van der Waals surface area contributed by atoms with E-state index >= 15 is 0 Å². The van der Waals surface area contributed by atoms with Crippen molar-refractivity contribution in [2.24, 2.45) is 10.7 Å². The van der Waals surface area contributed by atoms with Gasteiger partial charge >= 0.3 is 0 Å². The molecule has 0 aliphatic rings. The lowest BCUT2D eigenvalue weighted by Gasteiger charge is -2.10. The van der Waals surface area contributed by atoms with Gasteiger partial charge in [-0.25, -0.2) is 0 Å². The fourth-order valence-corrected chi connectivity index (χ4v) is 2.60. The first kappa shape index (κ1) is 16.9. The molecule has 2 aromatic heterocycles. The number of pyridine rings is 1. The number of aliphatic imine (C=N–C) groups is 1. The van der Waals surface area contributed by atoms with E-state index in [1.807, 2.05) is 53.1 Å². The second-order valence-electron chi connectivity index (χ2n) is 5.63. The Labute approximate surface area is 146 Å². The molecule has 0 fully saturated rings. The van der Waals surface area contributed by atoms with E-state index in [9.17, 15) is 0 Å². The minimum Gasteiger partial charge on any atom is -0.380 e. The number of guanidine groups is 1. The molecular formula is C18H22N6O. The lowest BCUT2D eigenvalue weighted by Crippen LogP contribution is -2.23. The van der Waals surface area contributed by atoms with Crippen LogP contribution in [0.25, 0.3) is 5.65 Å². The van der Waals surface area contributed by atoms with Gasteiger partial charge in [0.05, 0.1) is 6.61 Å². The Morgan fingerprint density at radius 3 is 2.92 bits per heavy atom.